The van der Waals surface area contributed by atoms with E-state index in [-0.39, 0.29) is 19.0 Å². The maximum absolute atomic E-state index is 9.72. The zero-order valence-electron chi connectivity index (χ0n) is 7.00. The van der Waals surface area contributed by atoms with Crippen molar-refractivity contribution in [3.8, 4) is 0 Å². The number of aliphatic hydroxyl groups is 3. The molecule has 0 saturated carbocycles. The van der Waals surface area contributed by atoms with Crippen LogP contribution in [0.2, 0.25) is 0 Å². The summed E-state index contributed by atoms with van der Waals surface area (Å²) < 4.78 is 27.3. The molecular weight excluding hydrogens is 200 g/mol. The first-order valence-corrected chi connectivity index (χ1v) is 4.94. The second-order valence-electron chi connectivity index (χ2n) is 2.06. The van der Waals surface area contributed by atoms with Gasteiger partial charge in [0.2, 0.25) is 0 Å². The molecule has 0 saturated heterocycles. The van der Waals surface area contributed by atoms with Gasteiger partial charge in [0.25, 0.3) is 10.1 Å². The lowest BCUT2D eigenvalue weighted by atomic mass is 10.4. The highest BCUT2D eigenvalue weighted by Crippen LogP contribution is 1.78. The van der Waals surface area contributed by atoms with Crippen LogP contribution in [0, 0.1) is 0 Å². The molecule has 0 aromatic heterocycles. The molecule has 0 amide bonds. The van der Waals surface area contributed by atoms with Gasteiger partial charge < -0.3 is 15.3 Å². The van der Waals surface area contributed by atoms with E-state index >= 15 is 0 Å². The summed E-state index contributed by atoms with van der Waals surface area (Å²) in [5, 5.41) is 24.0. The fourth-order valence-corrected chi connectivity index (χ4v) is 0.505. The van der Waals surface area contributed by atoms with E-state index in [0.29, 0.717) is 0 Å². The number of rotatable bonds is 4. The molecule has 4 N–H and O–H groups in total. The summed E-state index contributed by atoms with van der Waals surface area (Å²) in [6.45, 7) is 2.38. The van der Waals surface area contributed by atoms with Gasteiger partial charge in [-0.05, 0) is 0 Å². The van der Waals surface area contributed by atoms with Crippen molar-refractivity contribution in [1.82, 2.24) is 0 Å². The van der Waals surface area contributed by atoms with Crippen molar-refractivity contribution in [2.24, 2.45) is 0 Å². The van der Waals surface area contributed by atoms with Gasteiger partial charge in [-0.25, -0.2) is 0 Å². The zero-order chi connectivity index (χ0) is 10.9. The van der Waals surface area contributed by atoms with Crippen LogP contribution in [0.3, 0.4) is 0 Å². The zero-order valence-corrected chi connectivity index (χ0v) is 7.81. The fraction of sp³-hybridized carbons (Fsp3) is 0.667. The summed E-state index contributed by atoms with van der Waals surface area (Å²) in [5.74, 6) is -0.368. The predicted molar refractivity (Wildman–Crippen MR) is 46.8 cm³/mol. The second kappa shape index (κ2) is 8.14. The predicted octanol–water partition coefficient (Wildman–Crippen LogP) is -1.61. The van der Waals surface area contributed by atoms with Crippen LogP contribution in [0.5, 0.6) is 0 Å². The smallest absolute Gasteiger partial charge is 0.268 e. The third-order valence-electron chi connectivity index (χ3n) is 0.750. The minimum atomic E-state index is -3.79. The standard InChI is InChI=1S/C3H6O3S.C3H8O3/c1-2-3-7(4,5)6;4-1-3(6)2-5/h2H,1,3H2,(H,4,5,6);3-6H,1-2H2. The third-order valence-corrected chi connectivity index (χ3v) is 1.41. The van der Waals surface area contributed by atoms with Gasteiger partial charge >= 0.3 is 0 Å². The van der Waals surface area contributed by atoms with E-state index in [1.807, 2.05) is 0 Å². The Morgan fingerprint density at radius 2 is 1.69 bits per heavy atom. The molecule has 0 rings (SSSR count). The highest BCUT2D eigenvalue weighted by atomic mass is 32.2. The van der Waals surface area contributed by atoms with Crippen molar-refractivity contribution in [2.45, 2.75) is 6.10 Å². The summed E-state index contributed by atoms with van der Waals surface area (Å²) in [6.07, 6.45) is 0.167. The summed E-state index contributed by atoms with van der Waals surface area (Å²) >= 11 is 0. The van der Waals surface area contributed by atoms with Crippen LogP contribution in [-0.4, -0.2) is 53.4 Å². The molecule has 0 unspecified atom stereocenters. The van der Waals surface area contributed by atoms with Gasteiger partial charge in [-0.2, -0.15) is 8.42 Å². The molecule has 7 heteroatoms. The third kappa shape index (κ3) is 18.5. The maximum Gasteiger partial charge on any atom is 0.268 e. The van der Waals surface area contributed by atoms with Crippen LogP contribution in [0.25, 0.3) is 0 Å². The molecule has 0 aromatic carbocycles. The van der Waals surface area contributed by atoms with Crippen LogP contribution in [0.4, 0.5) is 0 Å². The minimum Gasteiger partial charge on any atom is -0.394 e. The van der Waals surface area contributed by atoms with Crippen LogP contribution in [0.1, 0.15) is 0 Å². The summed E-state index contributed by atoms with van der Waals surface area (Å²) in [4.78, 5) is 0. The van der Waals surface area contributed by atoms with Crippen LogP contribution in [-0.2, 0) is 10.1 Å². The van der Waals surface area contributed by atoms with Crippen molar-refractivity contribution < 1.29 is 28.3 Å². The Labute approximate surface area is 76.9 Å². The summed E-state index contributed by atoms with van der Waals surface area (Å²) in [6, 6.07) is 0. The van der Waals surface area contributed by atoms with Crippen molar-refractivity contribution in [2.75, 3.05) is 19.0 Å². The summed E-state index contributed by atoms with van der Waals surface area (Å²) in [7, 11) is -3.79. The molecule has 0 fully saturated rings. The lowest BCUT2D eigenvalue weighted by Gasteiger charge is -1.96. The van der Waals surface area contributed by atoms with Gasteiger partial charge in [0.05, 0.1) is 19.0 Å². The molecule has 0 aromatic rings. The van der Waals surface area contributed by atoms with Crippen LogP contribution >= 0.6 is 0 Å². The van der Waals surface area contributed by atoms with Crippen molar-refractivity contribution in [1.29, 1.82) is 0 Å². The van der Waals surface area contributed by atoms with Crippen molar-refractivity contribution in [3.05, 3.63) is 12.7 Å². The Hall–Kier alpha value is -0.470. The topological polar surface area (TPSA) is 115 Å². The molecule has 0 aliphatic carbocycles. The molecule has 0 heterocycles. The maximum atomic E-state index is 9.72. The van der Waals surface area contributed by atoms with Gasteiger partial charge in [-0.15, -0.1) is 6.58 Å². The van der Waals surface area contributed by atoms with Crippen molar-refractivity contribution >= 4 is 10.1 Å². The van der Waals surface area contributed by atoms with Gasteiger partial charge in [0.1, 0.15) is 6.10 Å². The number of hydrogen-bond donors (Lipinski definition) is 4. The van der Waals surface area contributed by atoms with Gasteiger partial charge in [-0.3, -0.25) is 4.55 Å². The van der Waals surface area contributed by atoms with E-state index in [0.717, 1.165) is 6.08 Å². The van der Waals surface area contributed by atoms with Gasteiger partial charge in [-0.1, -0.05) is 6.08 Å². The Balaban J connectivity index is 0. The molecule has 6 nitrogen and oxygen atoms in total. The minimum absolute atomic E-state index is 0.365. The van der Waals surface area contributed by atoms with E-state index in [1.165, 1.54) is 0 Å². The molecule has 0 atom stereocenters. The fourth-order valence-electron chi connectivity index (χ4n) is 0.207. The molecular formula is C6H14O6S. The number of hydrogen-bond acceptors (Lipinski definition) is 5. The average molecular weight is 214 g/mol. The Bertz CT molecular complexity index is 205. The van der Waals surface area contributed by atoms with E-state index in [2.05, 4.69) is 6.58 Å². The Morgan fingerprint density at radius 3 is 1.69 bits per heavy atom. The second-order valence-corrected chi connectivity index (χ2v) is 3.55. The first-order valence-electron chi connectivity index (χ1n) is 3.33. The summed E-state index contributed by atoms with van der Waals surface area (Å²) in [5.41, 5.74) is 0. The molecule has 13 heavy (non-hydrogen) atoms. The first kappa shape index (κ1) is 15.0. The normalized spacial score (nSPS) is 10.5. The molecule has 0 aliphatic rings. The monoisotopic (exact) mass is 214 g/mol. The molecule has 80 valence electrons. The largest absolute Gasteiger partial charge is 0.394 e. The average Bonchev–Trinajstić information content (AvgIpc) is 2.02. The van der Waals surface area contributed by atoms with Gasteiger partial charge in [0.15, 0.2) is 0 Å². The lowest BCUT2D eigenvalue weighted by molar-refractivity contribution is 0.0450. The van der Waals surface area contributed by atoms with E-state index in [1.54, 1.807) is 0 Å². The van der Waals surface area contributed by atoms with E-state index < -0.39 is 16.2 Å². The lowest BCUT2D eigenvalue weighted by Crippen LogP contribution is -2.15. The Morgan fingerprint density at radius 1 is 1.31 bits per heavy atom. The molecule has 0 spiro atoms. The quantitative estimate of drug-likeness (QED) is 0.330. The Kier molecular flexibility index (Phi) is 9.41. The highest BCUT2D eigenvalue weighted by molar-refractivity contribution is 7.85. The van der Waals surface area contributed by atoms with E-state index in [9.17, 15) is 8.42 Å². The van der Waals surface area contributed by atoms with Crippen LogP contribution < -0.4 is 0 Å². The number of aliphatic hydroxyl groups excluding tert-OH is 3. The van der Waals surface area contributed by atoms with Crippen molar-refractivity contribution in [3.63, 3.8) is 0 Å². The molecule has 0 bridgehead atoms. The molecule has 0 aliphatic heterocycles. The van der Waals surface area contributed by atoms with Gasteiger partial charge in [0, 0.05) is 0 Å². The first-order chi connectivity index (χ1) is 5.87. The highest BCUT2D eigenvalue weighted by Gasteiger charge is 1.95. The molecule has 0 radical (unpaired) electrons. The van der Waals surface area contributed by atoms with Crippen LogP contribution in [0.15, 0.2) is 12.7 Å². The van der Waals surface area contributed by atoms with E-state index in [4.69, 9.17) is 19.9 Å². The SMILES string of the molecule is C=CCS(=O)(=O)O.OCC(O)CO.